The second kappa shape index (κ2) is 15.7. The molecule has 13 aromatic rings. The average molecular weight is 899 g/mol. The Hall–Kier alpha value is -7.32. The quantitative estimate of drug-likeness (QED) is 0.140. The van der Waals surface area contributed by atoms with E-state index in [9.17, 15) is 0 Å². The number of benzene rings is 10. The van der Waals surface area contributed by atoms with Crippen molar-refractivity contribution in [2.75, 3.05) is 0 Å². The van der Waals surface area contributed by atoms with Crippen molar-refractivity contribution < 1.29 is 4.57 Å². The van der Waals surface area contributed by atoms with Crippen LogP contribution in [0.1, 0.15) is 0 Å². The molecule has 0 amide bonds. The Morgan fingerprint density at radius 2 is 0.742 bits per heavy atom. The molecule has 0 spiro atoms. The summed E-state index contributed by atoms with van der Waals surface area (Å²) in [6.45, 7) is 0. The first-order chi connectivity index (χ1) is 32.6. The number of para-hydroxylation sites is 2. The van der Waals surface area contributed by atoms with Crippen LogP contribution in [0.25, 0.3) is 75.2 Å². The molecular weight excluding hydrogens is 859 g/mol. The van der Waals surface area contributed by atoms with Gasteiger partial charge in [-0.2, -0.15) is 0 Å². The fourth-order valence-corrected chi connectivity index (χ4v) is 16.2. The van der Waals surface area contributed by atoms with Crippen molar-refractivity contribution in [3.8, 4) is 11.4 Å². The molecule has 0 radical (unpaired) electrons. The van der Waals surface area contributed by atoms with Gasteiger partial charge < -0.3 is 13.7 Å². The highest BCUT2D eigenvalue weighted by molar-refractivity contribution is 7.85. The lowest BCUT2D eigenvalue weighted by atomic mass is 10.1. The summed E-state index contributed by atoms with van der Waals surface area (Å²) in [7, 11) is -4.13. The van der Waals surface area contributed by atoms with Gasteiger partial charge in [-0.3, -0.25) is 0 Å². The molecule has 3 heterocycles. The molecule has 0 aliphatic rings. The minimum Gasteiger partial charge on any atom is -0.309 e. The van der Waals surface area contributed by atoms with E-state index in [2.05, 4.69) is 191 Å². The van der Waals surface area contributed by atoms with Crippen molar-refractivity contribution in [2.45, 2.75) is 0 Å². The molecule has 0 aliphatic carbocycles. The lowest BCUT2D eigenvalue weighted by Gasteiger charge is -2.20. The van der Waals surface area contributed by atoms with Crippen LogP contribution in [0.2, 0.25) is 0 Å². The number of hydrogen-bond acceptors (Lipinski definition) is 2. The smallest absolute Gasteiger partial charge is 0.171 e. The van der Waals surface area contributed by atoms with Gasteiger partial charge in [0, 0.05) is 69.0 Å². The molecule has 312 valence electrons. The monoisotopic (exact) mass is 898 g/mol. The molecule has 0 atom stereocenters. The summed E-state index contributed by atoms with van der Waals surface area (Å²) in [5.41, 5.74) is 6.83. The second-order valence-corrected chi connectivity index (χ2v) is 22.9. The highest BCUT2D eigenvalue weighted by Crippen LogP contribution is 2.45. The van der Waals surface area contributed by atoms with Gasteiger partial charge in [-0.1, -0.05) is 164 Å². The maximum absolute atomic E-state index is 15.9. The SMILES string of the molecule is O=P(c1ccccc1)(c1ccccc1)c1ccc2c(c1)c1cc(P(c3ccccc3)c3ccccc3)ccc1n2-c1ccc2sc3ccc(-n4c5ccccc5c5ccccc54)cc3c2c1. The fraction of sp³-hybridized carbons (Fsp3) is 0. The number of thiophene rings is 1. The molecule has 3 aromatic heterocycles. The van der Waals surface area contributed by atoms with E-state index in [4.69, 9.17) is 0 Å². The van der Waals surface area contributed by atoms with E-state index in [0.29, 0.717) is 0 Å². The molecule has 6 heteroatoms. The standard InChI is InChI=1S/C60H40N2OP2S/c63-65(46-21-9-3-10-22-46,47-23-11-4-12-24-47)48-32-34-58-52(40-48)51-39-45(64(43-17-5-1-6-18-43)44-19-7-2-8-20-44)31-33-57(51)62(58)42-30-36-60-54(38-42)53-37-41(29-35-59(53)66-60)61-55-27-15-13-25-49(55)50-26-14-16-28-56(50)61/h1-40H. The van der Waals surface area contributed by atoms with Crippen molar-refractivity contribution in [1.29, 1.82) is 0 Å². The third-order valence-electron chi connectivity index (χ3n) is 13.2. The Morgan fingerprint density at radius 3 is 1.26 bits per heavy atom. The summed E-state index contributed by atoms with van der Waals surface area (Å²) in [5.74, 6) is 0. The molecule has 13 rings (SSSR count). The Bertz CT molecular complexity index is 3890. The number of rotatable bonds is 8. The highest BCUT2D eigenvalue weighted by Gasteiger charge is 2.31. The molecule has 0 unspecified atom stereocenters. The van der Waals surface area contributed by atoms with E-state index in [0.717, 1.165) is 49.1 Å². The molecule has 0 bridgehead atoms. The van der Waals surface area contributed by atoms with Crippen molar-refractivity contribution in [3.63, 3.8) is 0 Å². The largest absolute Gasteiger partial charge is 0.309 e. The maximum atomic E-state index is 15.9. The molecule has 0 saturated carbocycles. The van der Waals surface area contributed by atoms with Crippen molar-refractivity contribution in [1.82, 2.24) is 9.13 Å². The summed E-state index contributed by atoms with van der Waals surface area (Å²) in [6.07, 6.45) is 0. The molecule has 66 heavy (non-hydrogen) atoms. The van der Waals surface area contributed by atoms with Crippen LogP contribution in [0, 0.1) is 0 Å². The predicted octanol–water partition coefficient (Wildman–Crippen LogP) is 13.6. The minimum atomic E-state index is -3.26. The molecule has 3 nitrogen and oxygen atoms in total. The summed E-state index contributed by atoms with van der Waals surface area (Å²) >= 11 is 1.84. The Morgan fingerprint density at radius 1 is 0.318 bits per heavy atom. The van der Waals surface area contributed by atoms with E-state index in [1.807, 2.05) is 72.0 Å². The predicted molar refractivity (Wildman–Crippen MR) is 286 cm³/mol. The van der Waals surface area contributed by atoms with E-state index in [1.54, 1.807) is 0 Å². The van der Waals surface area contributed by atoms with Gasteiger partial charge >= 0.3 is 0 Å². The van der Waals surface area contributed by atoms with Crippen LogP contribution < -0.4 is 31.8 Å². The topological polar surface area (TPSA) is 26.9 Å². The van der Waals surface area contributed by atoms with E-state index >= 15 is 4.57 Å². The molecule has 0 aliphatic heterocycles. The van der Waals surface area contributed by atoms with Gasteiger partial charge in [-0.25, -0.2) is 0 Å². The molecule has 0 saturated heterocycles. The van der Waals surface area contributed by atoms with Gasteiger partial charge in [0.2, 0.25) is 0 Å². The number of hydrogen-bond donors (Lipinski definition) is 0. The average Bonchev–Trinajstić information content (AvgIpc) is 4.04. The van der Waals surface area contributed by atoms with Crippen LogP contribution in [-0.2, 0) is 4.57 Å². The minimum absolute atomic E-state index is 0.821. The maximum Gasteiger partial charge on any atom is 0.171 e. The molecule has 10 aromatic carbocycles. The summed E-state index contributed by atoms with van der Waals surface area (Å²) in [4.78, 5) is 0. The van der Waals surface area contributed by atoms with Gasteiger partial charge in [-0.05, 0) is 103 Å². The first-order valence-electron chi connectivity index (χ1n) is 22.3. The summed E-state index contributed by atoms with van der Waals surface area (Å²) in [5, 5.41) is 13.5. The summed E-state index contributed by atoms with van der Waals surface area (Å²) in [6, 6.07) is 86.7. The van der Waals surface area contributed by atoms with Gasteiger partial charge in [0.25, 0.3) is 0 Å². The van der Waals surface area contributed by atoms with Crippen LogP contribution in [0.4, 0.5) is 0 Å². The van der Waals surface area contributed by atoms with E-state index in [-0.39, 0.29) is 0 Å². The van der Waals surface area contributed by atoms with Gasteiger partial charge in [0.15, 0.2) is 7.14 Å². The van der Waals surface area contributed by atoms with Crippen LogP contribution in [0.15, 0.2) is 243 Å². The highest BCUT2D eigenvalue weighted by atomic mass is 32.1. The third-order valence-corrected chi connectivity index (χ3v) is 19.8. The van der Waals surface area contributed by atoms with E-state index in [1.165, 1.54) is 57.9 Å². The first-order valence-corrected chi connectivity index (χ1v) is 26.1. The number of nitrogens with zero attached hydrogens (tertiary/aromatic N) is 2. The third kappa shape index (κ3) is 6.18. The fourth-order valence-electron chi connectivity index (χ4n) is 10.2. The van der Waals surface area contributed by atoms with Crippen molar-refractivity contribution in [3.05, 3.63) is 243 Å². The van der Waals surface area contributed by atoms with Gasteiger partial charge in [0.05, 0.1) is 22.1 Å². The second-order valence-electron chi connectivity index (χ2n) is 16.9. The van der Waals surface area contributed by atoms with Crippen LogP contribution in [0.5, 0.6) is 0 Å². The van der Waals surface area contributed by atoms with Crippen molar-refractivity contribution in [2.24, 2.45) is 0 Å². The number of fused-ring (bicyclic) bond motifs is 9. The van der Waals surface area contributed by atoms with Gasteiger partial charge in [0.1, 0.15) is 0 Å². The van der Waals surface area contributed by atoms with Gasteiger partial charge in [-0.15, -0.1) is 11.3 Å². The zero-order chi connectivity index (χ0) is 43.8. The van der Waals surface area contributed by atoms with Crippen LogP contribution in [0.3, 0.4) is 0 Å². The van der Waals surface area contributed by atoms with Crippen LogP contribution in [-0.4, -0.2) is 9.13 Å². The zero-order valence-electron chi connectivity index (χ0n) is 35.7. The molecule has 0 N–H and O–H groups in total. The molecular formula is C60H40N2OP2S. The summed E-state index contributed by atoms with van der Waals surface area (Å²) < 4.78 is 23.2. The molecule has 0 fully saturated rings. The Kier molecular flexibility index (Phi) is 9.29. The van der Waals surface area contributed by atoms with E-state index < -0.39 is 15.1 Å². The lowest BCUT2D eigenvalue weighted by Crippen LogP contribution is -2.24. The first kappa shape index (κ1) is 39.1. The Balaban J connectivity index is 1.05. The zero-order valence-corrected chi connectivity index (χ0v) is 38.3. The Labute approximate surface area is 387 Å². The lowest BCUT2D eigenvalue weighted by molar-refractivity contribution is 0.592. The normalized spacial score (nSPS) is 12.1. The van der Waals surface area contributed by atoms with Crippen LogP contribution >= 0.6 is 26.4 Å². The van der Waals surface area contributed by atoms with Crippen molar-refractivity contribution >= 4 is 122 Å². The number of aromatic nitrogens is 2.